The van der Waals surface area contributed by atoms with Gasteiger partial charge < -0.3 is 19.5 Å². The second-order valence-electron chi connectivity index (χ2n) is 7.70. The first kappa shape index (κ1) is 18.0. The number of hydrogen-bond acceptors (Lipinski definition) is 4. The van der Waals surface area contributed by atoms with Crippen LogP contribution >= 0.6 is 0 Å². The van der Waals surface area contributed by atoms with E-state index >= 15 is 0 Å². The monoisotopic (exact) mass is 368 g/mol. The minimum atomic E-state index is -0.0630. The molecular weight excluding hydrogens is 340 g/mol. The molecule has 4 rings (SSSR count). The summed E-state index contributed by atoms with van der Waals surface area (Å²) in [5, 5.41) is 0. The molecule has 0 aliphatic carbocycles. The van der Waals surface area contributed by atoms with Crippen molar-refractivity contribution in [1.29, 1.82) is 0 Å². The topological polar surface area (TPSA) is 61.5 Å². The second-order valence-corrected chi connectivity index (χ2v) is 7.70. The molecule has 0 spiro atoms. The molecule has 2 aliphatic rings. The van der Waals surface area contributed by atoms with Gasteiger partial charge in [0.25, 0.3) is 0 Å². The number of likely N-dealkylation sites (tertiary alicyclic amines) is 1. The number of nitrogens with zero attached hydrogens (tertiary/aromatic N) is 3. The molecule has 27 heavy (non-hydrogen) atoms. The summed E-state index contributed by atoms with van der Waals surface area (Å²) < 4.78 is 5.84. The lowest BCUT2D eigenvalue weighted by Gasteiger charge is -2.26. The summed E-state index contributed by atoms with van der Waals surface area (Å²) in [5.41, 5.74) is 3.23. The van der Waals surface area contributed by atoms with Crippen molar-refractivity contribution in [2.45, 2.75) is 32.7 Å². The van der Waals surface area contributed by atoms with E-state index in [0.717, 1.165) is 48.0 Å². The zero-order valence-corrected chi connectivity index (χ0v) is 16.4. The highest BCUT2D eigenvalue weighted by molar-refractivity contribution is 5.81. The van der Waals surface area contributed by atoms with E-state index in [-0.39, 0.29) is 17.7 Å². The summed E-state index contributed by atoms with van der Waals surface area (Å²) in [6.07, 6.45) is 0.877. The summed E-state index contributed by atoms with van der Waals surface area (Å²) in [5.74, 6) is 2.18. The van der Waals surface area contributed by atoms with Gasteiger partial charge in [-0.15, -0.1) is 0 Å². The molecule has 0 saturated carbocycles. The number of hydrogen-bond donors (Lipinski definition) is 1. The molecule has 2 atom stereocenters. The van der Waals surface area contributed by atoms with Gasteiger partial charge in [0.1, 0.15) is 18.2 Å². The van der Waals surface area contributed by atoms with Crippen LogP contribution in [-0.2, 0) is 17.8 Å². The number of ether oxygens (including phenoxy) is 1. The molecule has 1 amide bonds. The predicted octanol–water partition coefficient (Wildman–Crippen LogP) is 2.35. The van der Waals surface area contributed by atoms with Crippen LogP contribution in [0.3, 0.4) is 0 Å². The fourth-order valence-electron chi connectivity index (χ4n) is 4.34. The highest BCUT2D eigenvalue weighted by Gasteiger charge is 2.41. The SMILES string of the molecule is CCc1nc([C@H]2CN(C)C[C@@H]2C(=O)N2CCOc3ccccc3C2)c(C)[nH]1. The van der Waals surface area contributed by atoms with E-state index in [1.54, 1.807) is 0 Å². The van der Waals surface area contributed by atoms with E-state index in [9.17, 15) is 4.79 Å². The molecule has 6 heteroatoms. The van der Waals surface area contributed by atoms with E-state index in [4.69, 9.17) is 9.72 Å². The third kappa shape index (κ3) is 3.46. The number of nitrogens with one attached hydrogen (secondary N) is 1. The highest BCUT2D eigenvalue weighted by atomic mass is 16.5. The number of imidazole rings is 1. The third-order valence-electron chi connectivity index (χ3n) is 5.74. The summed E-state index contributed by atoms with van der Waals surface area (Å²) in [7, 11) is 2.09. The van der Waals surface area contributed by atoms with Crippen LogP contribution in [0.1, 0.15) is 35.6 Å². The van der Waals surface area contributed by atoms with Gasteiger partial charge in [0.2, 0.25) is 5.91 Å². The lowest BCUT2D eigenvalue weighted by Crippen LogP contribution is -2.39. The molecule has 0 radical (unpaired) electrons. The Hall–Kier alpha value is -2.34. The number of carbonyl (C=O) groups excluding carboxylic acids is 1. The summed E-state index contributed by atoms with van der Waals surface area (Å²) >= 11 is 0. The van der Waals surface area contributed by atoms with Crippen molar-refractivity contribution >= 4 is 5.91 Å². The number of aromatic amines is 1. The zero-order valence-electron chi connectivity index (χ0n) is 16.4. The first-order chi connectivity index (χ1) is 13.1. The third-order valence-corrected chi connectivity index (χ3v) is 5.74. The fraction of sp³-hybridized carbons (Fsp3) is 0.524. The van der Waals surface area contributed by atoms with Crippen LogP contribution in [0.2, 0.25) is 0 Å². The van der Waals surface area contributed by atoms with Crippen molar-refractivity contribution in [3.8, 4) is 5.75 Å². The number of amides is 1. The van der Waals surface area contributed by atoms with Gasteiger partial charge in [0, 0.05) is 43.2 Å². The number of H-pyrrole nitrogens is 1. The number of carbonyl (C=O) groups is 1. The molecule has 144 valence electrons. The van der Waals surface area contributed by atoms with Crippen molar-refractivity contribution in [3.63, 3.8) is 0 Å². The van der Waals surface area contributed by atoms with Gasteiger partial charge in [0.15, 0.2) is 0 Å². The van der Waals surface area contributed by atoms with Crippen LogP contribution in [0.4, 0.5) is 0 Å². The first-order valence-electron chi connectivity index (χ1n) is 9.80. The largest absolute Gasteiger partial charge is 0.491 e. The van der Waals surface area contributed by atoms with Crippen LogP contribution in [0, 0.1) is 12.8 Å². The molecule has 3 heterocycles. The minimum Gasteiger partial charge on any atom is -0.491 e. The van der Waals surface area contributed by atoms with Crippen molar-refractivity contribution in [1.82, 2.24) is 19.8 Å². The lowest BCUT2D eigenvalue weighted by molar-refractivity contribution is -0.136. The molecule has 1 saturated heterocycles. The number of fused-ring (bicyclic) bond motifs is 1. The van der Waals surface area contributed by atoms with Gasteiger partial charge in [-0.2, -0.15) is 0 Å². The maximum absolute atomic E-state index is 13.5. The van der Waals surface area contributed by atoms with Crippen LogP contribution in [0.25, 0.3) is 0 Å². The summed E-state index contributed by atoms with van der Waals surface area (Å²) in [6, 6.07) is 8.00. The Kier molecular flexibility index (Phi) is 4.91. The van der Waals surface area contributed by atoms with Crippen LogP contribution < -0.4 is 4.74 Å². The van der Waals surface area contributed by atoms with Gasteiger partial charge in [0.05, 0.1) is 18.2 Å². The normalized spacial score (nSPS) is 23.0. The van der Waals surface area contributed by atoms with Crippen LogP contribution in [0.15, 0.2) is 24.3 Å². The molecule has 2 aliphatic heterocycles. The number of aromatic nitrogens is 2. The summed E-state index contributed by atoms with van der Waals surface area (Å²) in [4.78, 5) is 25.9. The molecular formula is C21H28N4O2. The van der Waals surface area contributed by atoms with Crippen molar-refractivity contribution in [2.75, 3.05) is 33.3 Å². The van der Waals surface area contributed by atoms with E-state index < -0.39 is 0 Å². The Morgan fingerprint density at radius 3 is 2.93 bits per heavy atom. The minimum absolute atomic E-state index is 0.0630. The van der Waals surface area contributed by atoms with E-state index in [2.05, 4.69) is 30.8 Å². The van der Waals surface area contributed by atoms with E-state index in [1.165, 1.54) is 0 Å². The van der Waals surface area contributed by atoms with Gasteiger partial charge in [-0.05, 0) is 20.0 Å². The van der Waals surface area contributed by atoms with Gasteiger partial charge in [-0.1, -0.05) is 25.1 Å². The average Bonchev–Trinajstić information content (AvgIpc) is 3.15. The Labute approximate surface area is 160 Å². The Bertz CT molecular complexity index is 831. The van der Waals surface area contributed by atoms with Gasteiger partial charge >= 0.3 is 0 Å². The quantitative estimate of drug-likeness (QED) is 0.903. The molecule has 0 unspecified atom stereocenters. The Balaban J connectivity index is 1.58. The zero-order chi connectivity index (χ0) is 19.0. The molecule has 1 aromatic heterocycles. The van der Waals surface area contributed by atoms with Gasteiger partial charge in [-0.25, -0.2) is 4.98 Å². The average molecular weight is 368 g/mol. The van der Waals surface area contributed by atoms with Crippen molar-refractivity contribution in [3.05, 3.63) is 47.0 Å². The number of rotatable bonds is 3. The Morgan fingerprint density at radius 1 is 1.33 bits per heavy atom. The number of para-hydroxylation sites is 1. The second kappa shape index (κ2) is 7.35. The number of aryl methyl sites for hydroxylation is 2. The molecule has 2 aromatic rings. The molecule has 6 nitrogen and oxygen atoms in total. The maximum atomic E-state index is 13.5. The molecule has 1 fully saturated rings. The first-order valence-corrected chi connectivity index (χ1v) is 9.80. The lowest BCUT2D eigenvalue weighted by atomic mass is 9.90. The number of benzene rings is 1. The standard InChI is InChI=1S/C21H28N4O2/c1-4-19-22-14(2)20(23-19)16-12-24(3)13-17(16)21(26)25-9-10-27-18-8-6-5-7-15(18)11-25/h5-8,16-17H,4,9-13H2,1-3H3,(H,22,23)/t16-,17-/m0/s1. The highest BCUT2D eigenvalue weighted by Crippen LogP contribution is 2.35. The molecule has 1 N–H and O–H groups in total. The van der Waals surface area contributed by atoms with E-state index in [0.29, 0.717) is 19.7 Å². The fourth-order valence-corrected chi connectivity index (χ4v) is 4.34. The van der Waals surface area contributed by atoms with Crippen molar-refractivity contribution < 1.29 is 9.53 Å². The molecule has 0 bridgehead atoms. The Morgan fingerprint density at radius 2 is 2.15 bits per heavy atom. The maximum Gasteiger partial charge on any atom is 0.228 e. The van der Waals surface area contributed by atoms with Crippen LogP contribution in [0.5, 0.6) is 5.75 Å². The van der Waals surface area contributed by atoms with Crippen LogP contribution in [-0.4, -0.2) is 59.0 Å². The molecule has 1 aromatic carbocycles. The summed E-state index contributed by atoms with van der Waals surface area (Å²) in [6.45, 7) is 7.58. The number of likely N-dealkylation sites (N-methyl/N-ethyl adjacent to an activating group) is 1. The van der Waals surface area contributed by atoms with Crippen molar-refractivity contribution in [2.24, 2.45) is 5.92 Å². The van der Waals surface area contributed by atoms with E-state index in [1.807, 2.05) is 29.2 Å². The predicted molar refractivity (Wildman–Crippen MR) is 104 cm³/mol. The van der Waals surface area contributed by atoms with Gasteiger partial charge in [-0.3, -0.25) is 4.79 Å². The smallest absolute Gasteiger partial charge is 0.228 e.